The molecule has 0 aliphatic carbocycles. The summed E-state index contributed by atoms with van der Waals surface area (Å²) in [5.74, 6) is 0. The Kier molecular flexibility index (Phi) is 4.97. The van der Waals surface area contributed by atoms with Gasteiger partial charge in [-0.15, -0.1) is 0 Å². The van der Waals surface area contributed by atoms with Gasteiger partial charge in [0.25, 0.3) is 0 Å². The molecule has 1 aromatic carbocycles. The van der Waals surface area contributed by atoms with E-state index in [0.29, 0.717) is 13.0 Å². The minimum absolute atomic E-state index is 0.207. The summed E-state index contributed by atoms with van der Waals surface area (Å²) in [6.45, 7) is 0.860. The van der Waals surface area contributed by atoms with Crippen molar-refractivity contribution < 1.29 is 9.84 Å². The van der Waals surface area contributed by atoms with Crippen LogP contribution in [-0.2, 0) is 11.3 Å². The van der Waals surface area contributed by atoms with Gasteiger partial charge in [-0.05, 0) is 17.5 Å². The van der Waals surface area contributed by atoms with E-state index in [2.05, 4.69) is 0 Å². The van der Waals surface area contributed by atoms with Gasteiger partial charge in [0.2, 0.25) is 0 Å². The Hall–Kier alpha value is -1.12. The number of hydrogen-bond donors (Lipinski definition) is 1. The lowest BCUT2D eigenvalue weighted by molar-refractivity contribution is 0.185. The highest BCUT2D eigenvalue weighted by molar-refractivity contribution is 5.49. The molecule has 0 saturated carbocycles. The molecular formula is C12H16O2. The summed E-state index contributed by atoms with van der Waals surface area (Å²) in [6, 6.07) is 8.18. The van der Waals surface area contributed by atoms with Crippen LogP contribution in [-0.4, -0.2) is 18.8 Å². The minimum atomic E-state index is 0.207. The summed E-state index contributed by atoms with van der Waals surface area (Å²) < 4.78 is 5.02. The normalized spacial score (nSPS) is 11.0. The van der Waals surface area contributed by atoms with Crippen molar-refractivity contribution in [3.63, 3.8) is 0 Å². The smallest absolute Gasteiger partial charge is 0.0713 e. The van der Waals surface area contributed by atoms with Gasteiger partial charge in [-0.2, -0.15) is 0 Å². The van der Waals surface area contributed by atoms with E-state index in [9.17, 15) is 0 Å². The van der Waals surface area contributed by atoms with Gasteiger partial charge < -0.3 is 9.84 Å². The fourth-order valence-corrected chi connectivity index (χ4v) is 1.19. The Labute approximate surface area is 84.8 Å². The van der Waals surface area contributed by atoms with Crippen LogP contribution < -0.4 is 0 Å². The fourth-order valence-electron chi connectivity index (χ4n) is 1.19. The van der Waals surface area contributed by atoms with E-state index >= 15 is 0 Å². The van der Waals surface area contributed by atoms with Gasteiger partial charge in [-0.3, -0.25) is 0 Å². The van der Waals surface area contributed by atoms with Crippen LogP contribution in [0.2, 0.25) is 0 Å². The first-order valence-corrected chi connectivity index (χ1v) is 4.72. The van der Waals surface area contributed by atoms with Gasteiger partial charge >= 0.3 is 0 Å². The van der Waals surface area contributed by atoms with E-state index in [1.807, 2.05) is 36.4 Å². The predicted molar refractivity (Wildman–Crippen MR) is 57.9 cm³/mol. The van der Waals surface area contributed by atoms with Crippen LogP contribution in [0.5, 0.6) is 0 Å². The topological polar surface area (TPSA) is 29.5 Å². The maximum Gasteiger partial charge on any atom is 0.0713 e. The van der Waals surface area contributed by atoms with Crippen LogP contribution in [0.15, 0.2) is 30.3 Å². The summed E-state index contributed by atoms with van der Waals surface area (Å²) in [7, 11) is 1.69. The number of rotatable bonds is 5. The third kappa shape index (κ3) is 3.73. The third-order valence-electron chi connectivity index (χ3n) is 1.90. The van der Waals surface area contributed by atoms with Crippen LogP contribution in [0.3, 0.4) is 0 Å². The van der Waals surface area contributed by atoms with Crippen molar-refractivity contribution in [2.24, 2.45) is 0 Å². The Balaban J connectivity index is 2.54. The van der Waals surface area contributed by atoms with E-state index in [4.69, 9.17) is 9.84 Å². The predicted octanol–water partition coefficient (Wildman–Crippen LogP) is 2.23. The van der Waals surface area contributed by atoms with Gasteiger partial charge in [-0.1, -0.05) is 36.4 Å². The lowest BCUT2D eigenvalue weighted by Gasteiger charge is -1.99. The second-order valence-electron chi connectivity index (χ2n) is 3.09. The van der Waals surface area contributed by atoms with Gasteiger partial charge in [-0.25, -0.2) is 0 Å². The van der Waals surface area contributed by atoms with E-state index < -0.39 is 0 Å². The van der Waals surface area contributed by atoms with Crippen molar-refractivity contribution in [3.05, 3.63) is 41.5 Å². The SMILES string of the molecule is COCc1ccc(C=CCCO)cc1. The van der Waals surface area contributed by atoms with Gasteiger partial charge in [0.15, 0.2) is 0 Å². The first kappa shape index (κ1) is 11.0. The van der Waals surface area contributed by atoms with Crippen LogP contribution in [0.4, 0.5) is 0 Å². The molecule has 0 aliphatic heterocycles. The van der Waals surface area contributed by atoms with Crippen LogP contribution in [0, 0.1) is 0 Å². The van der Waals surface area contributed by atoms with E-state index in [1.54, 1.807) is 7.11 Å². The Morgan fingerprint density at radius 3 is 2.57 bits per heavy atom. The third-order valence-corrected chi connectivity index (χ3v) is 1.90. The lowest BCUT2D eigenvalue weighted by Crippen LogP contribution is -1.86. The molecule has 2 nitrogen and oxygen atoms in total. The fraction of sp³-hybridized carbons (Fsp3) is 0.333. The monoisotopic (exact) mass is 192 g/mol. The summed E-state index contributed by atoms with van der Waals surface area (Å²) >= 11 is 0. The van der Waals surface area contributed by atoms with Crippen LogP contribution >= 0.6 is 0 Å². The van der Waals surface area contributed by atoms with E-state index in [0.717, 1.165) is 5.56 Å². The van der Waals surface area contributed by atoms with Gasteiger partial charge in [0.05, 0.1) is 6.61 Å². The van der Waals surface area contributed by atoms with Crippen molar-refractivity contribution in [1.82, 2.24) is 0 Å². The number of aliphatic hydroxyl groups excluding tert-OH is 1. The number of ether oxygens (including phenoxy) is 1. The van der Waals surface area contributed by atoms with Gasteiger partial charge in [0, 0.05) is 13.7 Å². The zero-order chi connectivity index (χ0) is 10.2. The average Bonchev–Trinajstić information content (AvgIpc) is 2.21. The zero-order valence-corrected chi connectivity index (χ0v) is 8.44. The molecule has 76 valence electrons. The molecule has 1 aromatic rings. The molecule has 0 fully saturated rings. The summed E-state index contributed by atoms with van der Waals surface area (Å²) in [5.41, 5.74) is 2.32. The maximum absolute atomic E-state index is 8.59. The highest BCUT2D eigenvalue weighted by atomic mass is 16.5. The van der Waals surface area contributed by atoms with E-state index in [-0.39, 0.29) is 6.61 Å². The first-order valence-electron chi connectivity index (χ1n) is 4.72. The van der Waals surface area contributed by atoms with Crippen LogP contribution in [0.1, 0.15) is 17.5 Å². The Morgan fingerprint density at radius 1 is 1.29 bits per heavy atom. The molecule has 1 N–H and O–H groups in total. The maximum atomic E-state index is 8.59. The summed E-state index contributed by atoms with van der Waals surface area (Å²) in [5, 5.41) is 8.59. The number of methoxy groups -OCH3 is 1. The summed E-state index contributed by atoms with van der Waals surface area (Å²) in [4.78, 5) is 0. The van der Waals surface area contributed by atoms with Crippen LogP contribution in [0.25, 0.3) is 6.08 Å². The molecule has 0 saturated heterocycles. The molecule has 0 aromatic heterocycles. The summed E-state index contributed by atoms with van der Waals surface area (Å²) in [6.07, 6.45) is 4.68. The second kappa shape index (κ2) is 6.35. The second-order valence-corrected chi connectivity index (χ2v) is 3.09. The van der Waals surface area contributed by atoms with Crippen molar-refractivity contribution in [1.29, 1.82) is 0 Å². The van der Waals surface area contributed by atoms with Crippen molar-refractivity contribution in [2.75, 3.05) is 13.7 Å². The molecule has 0 atom stereocenters. The zero-order valence-electron chi connectivity index (χ0n) is 8.44. The molecule has 0 unspecified atom stereocenters. The van der Waals surface area contributed by atoms with Crippen molar-refractivity contribution >= 4 is 6.08 Å². The highest BCUT2D eigenvalue weighted by Crippen LogP contribution is 2.07. The molecule has 0 aliphatic rings. The number of aliphatic hydroxyl groups is 1. The van der Waals surface area contributed by atoms with Crippen molar-refractivity contribution in [2.45, 2.75) is 13.0 Å². The number of hydrogen-bond acceptors (Lipinski definition) is 2. The highest BCUT2D eigenvalue weighted by Gasteiger charge is 1.90. The first-order chi connectivity index (χ1) is 6.86. The molecule has 0 amide bonds. The lowest BCUT2D eigenvalue weighted by atomic mass is 10.1. The quantitative estimate of drug-likeness (QED) is 0.775. The molecule has 0 heterocycles. The van der Waals surface area contributed by atoms with Gasteiger partial charge in [0.1, 0.15) is 0 Å². The Morgan fingerprint density at radius 2 is 2.00 bits per heavy atom. The molecule has 14 heavy (non-hydrogen) atoms. The molecule has 0 radical (unpaired) electrons. The number of benzene rings is 1. The molecule has 1 rings (SSSR count). The largest absolute Gasteiger partial charge is 0.396 e. The Bertz CT molecular complexity index is 275. The molecule has 2 heteroatoms. The molecule has 0 spiro atoms. The standard InChI is InChI=1S/C12H16O2/c1-14-10-12-7-5-11(6-8-12)4-2-3-9-13/h2,4-8,13H,3,9-10H2,1H3. The molecule has 0 bridgehead atoms. The average molecular weight is 192 g/mol. The van der Waals surface area contributed by atoms with Crippen molar-refractivity contribution in [3.8, 4) is 0 Å². The van der Waals surface area contributed by atoms with E-state index in [1.165, 1.54) is 5.56 Å². The minimum Gasteiger partial charge on any atom is -0.396 e. The molecular weight excluding hydrogens is 176 g/mol.